The molecule has 32 heavy (non-hydrogen) atoms. The summed E-state index contributed by atoms with van der Waals surface area (Å²) in [6.45, 7) is 3.91. The number of methoxy groups -OCH3 is 3. The number of ether oxygens (including phenoxy) is 3. The van der Waals surface area contributed by atoms with Crippen LogP contribution in [0.15, 0.2) is 48.5 Å². The SMILES string of the molecule is COC(=O)c1c(OC)cc(/C(F)=C/c2cccc(-c3cccc(N)c3C)c2C)cc1OC. The maximum absolute atomic E-state index is 15.3. The lowest BCUT2D eigenvalue weighted by Crippen LogP contribution is -2.07. The summed E-state index contributed by atoms with van der Waals surface area (Å²) in [5.74, 6) is -0.801. The minimum absolute atomic E-state index is 0.101. The van der Waals surface area contributed by atoms with E-state index in [9.17, 15) is 4.79 Å². The summed E-state index contributed by atoms with van der Waals surface area (Å²) in [6.07, 6.45) is 1.45. The molecule has 0 bridgehead atoms. The van der Waals surface area contributed by atoms with Crippen LogP contribution in [0.5, 0.6) is 11.5 Å². The van der Waals surface area contributed by atoms with Gasteiger partial charge in [-0.1, -0.05) is 30.3 Å². The molecule has 0 unspecified atom stereocenters. The van der Waals surface area contributed by atoms with E-state index < -0.39 is 11.8 Å². The number of benzene rings is 3. The number of nitrogen functional groups attached to an aromatic ring is 1. The van der Waals surface area contributed by atoms with Crippen molar-refractivity contribution >= 4 is 23.6 Å². The Labute approximate surface area is 187 Å². The van der Waals surface area contributed by atoms with Crippen molar-refractivity contribution in [1.82, 2.24) is 0 Å². The molecule has 0 spiro atoms. The fraction of sp³-hybridized carbons (Fsp3) is 0.192. The molecule has 0 saturated heterocycles. The van der Waals surface area contributed by atoms with E-state index in [-0.39, 0.29) is 22.6 Å². The highest BCUT2D eigenvalue weighted by atomic mass is 19.1. The fourth-order valence-electron chi connectivity index (χ4n) is 3.62. The molecule has 166 valence electrons. The third kappa shape index (κ3) is 4.30. The van der Waals surface area contributed by atoms with Gasteiger partial charge >= 0.3 is 5.97 Å². The Morgan fingerprint density at radius 1 is 0.906 bits per heavy atom. The number of nitrogens with two attached hydrogens (primary N) is 1. The zero-order valence-electron chi connectivity index (χ0n) is 18.8. The number of rotatable bonds is 6. The smallest absolute Gasteiger partial charge is 0.345 e. The van der Waals surface area contributed by atoms with Gasteiger partial charge in [0.15, 0.2) is 0 Å². The zero-order chi connectivity index (χ0) is 23.4. The predicted molar refractivity (Wildman–Crippen MR) is 126 cm³/mol. The standard InChI is InChI=1S/C26H26FNO4/c1-15-17(8-6-9-19(15)20-10-7-11-22(28)16(20)2)12-21(27)18-13-23(30-3)25(26(29)32-5)24(14-18)31-4/h6-14H,28H2,1-5H3/b21-12-. The largest absolute Gasteiger partial charge is 0.496 e. The Morgan fingerprint density at radius 2 is 1.47 bits per heavy atom. The fourth-order valence-corrected chi connectivity index (χ4v) is 3.62. The maximum atomic E-state index is 15.3. The van der Waals surface area contributed by atoms with Crippen molar-refractivity contribution in [1.29, 1.82) is 0 Å². The number of halogens is 1. The van der Waals surface area contributed by atoms with Gasteiger partial charge in [-0.25, -0.2) is 9.18 Å². The summed E-state index contributed by atoms with van der Waals surface area (Å²) in [5.41, 5.74) is 11.7. The molecular weight excluding hydrogens is 409 g/mol. The molecule has 2 N–H and O–H groups in total. The molecule has 3 rings (SSSR count). The monoisotopic (exact) mass is 435 g/mol. The number of carbonyl (C=O) groups excluding carboxylic acids is 1. The number of hydrogen-bond acceptors (Lipinski definition) is 5. The summed E-state index contributed by atoms with van der Waals surface area (Å²) in [4.78, 5) is 12.1. The van der Waals surface area contributed by atoms with Gasteiger partial charge in [-0.2, -0.15) is 0 Å². The number of esters is 1. The molecule has 6 heteroatoms. The summed E-state index contributed by atoms with van der Waals surface area (Å²) >= 11 is 0. The van der Waals surface area contributed by atoms with Crippen LogP contribution in [0.1, 0.15) is 32.6 Å². The first-order valence-electron chi connectivity index (χ1n) is 9.99. The average Bonchev–Trinajstić information content (AvgIpc) is 2.80. The van der Waals surface area contributed by atoms with Gasteiger partial charge in [-0.05, 0) is 65.9 Å². The molecule has 0 amide bonds. The van der Waals surface area contributed by atoms with Crippen molar-refractivity contribution in [3.63, 3.8) is 0 Å². The second kappa shape index (κ2) is 9.56. The summed E-state index contributed by atoms with van der Waals surface area (Å²) in [5, 5.41) is 0. The molecule has 0 heterocycles. The Hall–Kier alpha value is -3.80. The number of anilines is 1. The Balaban J connectivity index is 2.10. The lowest BCUT2D eigenvalue weighted by molar-refractivity contribution is 0.0593. The van der Waals surface area contributed by atoms with E-state index >= 15 is 4.39 Å². The summed E-state index contributed by atoms with van der Waals surface area (Å²) < 4.78 is 30.7. The van der Waals surface area contributed by atoms with E-state index in [1.807, 2.05) is 50.2 Å². The van der Waals surface area contributed by atoms with Crippen LogP contribution in [0.2, 0.25) is 0 Å². The molecule has 0 radical (unpaired) electrons. The number of hydrogen-bond donors (Lipinski definition) is 1. The van der Waals surface area contributed by atoms with Crippen LogP contribution < -0.4 is 15.2 Å². The van der Waals surface area contributed by atoms with Crippen molar-refractivity contribution in [2.75, 3.05) is 27.1 Å². The Bertz CT molecular complexity index is 1180. The first kappa shape index (κ1) is 22.9. The van der Waals surface area contributed by atoms with Crippen LogP contribution >= 0.6 is 0 Å². The maximum Gasteiger partial charge on any atom is 0.345 e. The highest BCUT2D eigenvalue weighted by Gasteiger charge is 2.22. The highest BCUT2D eigenvalue weighted by Crippen LogP contribution is 2.36. The second-order valence-electron chi connectivity index (χ2n) is 7.28. The zero-order valence-corrected chi connectivity index (χ0v) is 18.8. The highest BCUT2D eigenvalue weighted by molar-refractivity contribution is 5.97. The topological polar surface area (TPSA) is 70.8 Å². The van der Waals surface area contributed by atoms with Crippen LogP contribution in [0.4, 0.5) is 10.1 Å². The predicted octanol–water partition coefficient (Wildman–Crippen LogP) is 5.82. The van der Waals surface area contributed by atoms with Crippen LogP contribution in [-0.2, 0) is 4.74 Å². The van der Waals surface area contributed by atoms with E-state index in [4.69, 9.17) is 19.9 Å². The molecule has 0 aromatic heterocycles. The van der Waals surface area contributed by atoms with Crippen molar-refractivity contribution in [2.45, 2.75) is 13.8 Å². The first-order chi connectivity index (χ1) is 15.3. The van der Waals surface area contributed by atoms with E-state index in [1.165, 1.54) is 39.5 Å². The first-order valence-corrected chi connectivity index (χ1v) is 9.99. The Kier molecular flexibility index (Phi) is 6.83. The molecular formula is C26H26FNO4. The van der Waals surface area contributed by atoms with Gasteiger partial charge in [0.05, 0.1) is 21.3 Å². The van der Waals surface area contributed by atoms with E-state index in [1.54, 1.807) is 0 Å². The molecule has 0 atom stereocenters. The van der Waals surface area contributed by atoms with Crippen LogP contribution in [0, 0.1) is 13.8 Å². The summed E-state index contributed by atoms with van der Waals surface area (Å²) in [7, 11) is 4.05. The lowest BCUT2D eigenvalue weighted by atomic mass is 9.92. The van der Waals surface area contributed by atoms with Crippen LogP contribution in [0.25, 0.3) is 23.0 Å². The lowest BCUT2D eigenvalue weighted by Gasteiger charge is -2.14. The molecule has 0 saturated carbocycles. The van der Waals surface area contributed by atoms with E-state index in [2.05, 4.69) is 0 Å². The molecule has 5 nitrogen and oxygen atoms in total. The van der Waals surface area contributed by atoms with Gasteiger partial charge in [-0.3, -0.25) is 0 Å². The van der Waals surface area contributed by atoms with Crippen molar-refractivity contribution in [3.8, 4) is 22.6 Å². The second-order valence-corrected chi connectivity index (χ2v) is 7.28. The third-order valence-corrected chi connectivity index (χ3v) is 5.49. The van der Waals surface area contributed by atoms with Gasteiger partial charge in [-0.15, -0.1) is 0 Å². The van der Waals surface area contributed by atoms with E-state index in [0.29, 0.717) is 5.69 Å². The molecule has 3 aromatic rings. The normalized spacial score (nSPS) is 11.2. The van der Waals surface area contributed by atoms with Crippen LogP contribution in [-0.4, -0.2) is 27.3 Å². The van der Waals surface area contributed by atoms with Gasteiger partial charge in [0.25, 0.3) is 0 Å². The van der Waals surface area contributed by atoms with Crippen molar-refractivity contribution in [2.24, 2.45) is 0 Å². The van der Waals surface area contributed by atoms with Gasteiger partial charge in [0.1, 0.15) is 22.9 Å². The van der Waals surface area contributed by atoms with E-state index in [0.717, 1.165) is 27.8 Å². The van der Waals surface area contributed by atoms with Crippen LogP contribution in [0.3, 0.4) is 0 Å². The minimum atomic E-state index is -0.629. The number of carbonyl (C=O) groups is 1. The Morgan fingerprint density at radius 3 is 2.03 bits per heavy atom. The molecule has 0 aliphatic carbocycles. The molecule has 0 fully saturated rings. The average molecular weight is 435 g/mol. The van der Waals surface area contributed by atoms with Crippen molar-refractivity contribution in [3.05, 3.63) is 76.3 Å². The third-order valence-electron chi connectivity index (χ3n) is 5.49. The van der Waals surface area contributed by atoms with Crippen molar-refractivity contribution < 1.29 is 23.4 Å². The molecule has 0 aliphatic rings. The molecule has 0 aliphatic heterocycles. The van der Waals surface area contributed by atoms with Gasteiger partial charge < -0.3 is 19.9 Å². The van der Waals surface area contributed by atoms with Gasteiger partial charge in [0.2, 0.25) is 0 Å². The molecule has 3 aromatic carbocycles. The summed E-state index contributed by atoms with van der Waals surface area (Å²) in [6, 6.07) is 14.4. The van der Waals surface area contributed by atoms with Gasteiger partial charge in [0, 0.05) is 11.3 Å². The minimum Gasteiger partial charge on any atom is -0.496 e. The quantitative estimate of drug-likeness (QED) is 0.300.